The highest BCUT2D eigenvalue weighted by atomic mass is 32.2. The average Bonchev–Trinajstić information content (AvgIpc) is 1.85. The second-order valence-corrected chi connectivity index (χ2v) is 3.91. The van der Waals surface area contributed by atoms with E-state index >= 15 is 0 Å². The predicted molar refractivity (Wildman–Crippen MR) is 50.3 cm³/mol. The second kappa shape index (κ2) is 6.56. The Morgan fingerprint density at radius 2 is 2.00 bits per heavy atom. The number of thioether (sulfide) groups is 1. The van der Waals surface area contributed by atoms with Crippen LogP contribution in [0.25, 0.3) is 0 Å². The molecule has 0 radical (unpaired) electrons. The molecular weight excluding hydrogens is 148 g/mol. The Morgan fingerprint density at radius 3 is 2.44 bits per heavy atom. The molecule has 0 aromatic rings. The Morgan fingerprint density at radius 1 is 1.33 bits per heavy atom. The van der Waals surface area contributed by atoms with Gasteiger partial charge in [0.2, 0.25) is 0 Å². The van der Waals surface area contributed by atoms with Crippen LogP contribution in [0, 0.1) is 0 Å². The van der Waals surface area contributed by atoms with Gasteiger partial charge in [0, 0.05) is 4.20 Å². The summed E-state index contributed by atoms with van der Waals surface area (Å²) >= 11 is 6.91. The Bertz CT molecular complexity index is 79.0. The van der Waals surface area contributed by atoms with Gasteiger partial charge >= 0.3 is 0 Å². The fourth-order valence-electron chi connectivity index (χ4n) is 0.492. The standard InChI is InChI=1S/C7H14S2/c1-3-5-7(8)9-6-4-2/h3-6H2,1-2H3. The Balaban J connectivity index is 3.06. The number of hydrogen-bond acceptors (Lipinski definition) is 2. The molecule has 0 rings (SSSR count). The van der Waals surface area contributed by atoms with E-state index in [1.165, 1.54) is 22.8 Å². The van der Waals surface area contributed by atoms with E-state index in [-0.39, 0.29) is 0 Å². The summed E-state index contributed by atoms with van der Waals surface area (Å²) in [5.41, 5.74) is 0. The first-order valence-electron chi connectivity index (χ1n) is 3.46. The zero-order valence-electron chi connectivity index (χ0n) is 6.14. The molecule has 9 heavy (non-hydrogen) atoms. The van der Waals surface area contributed by atoms with Crippen molar-refractivity contribution < 1.29 is 0 Å². The first-order chi connectivity index (χ1) is 4.31. The van der Waals surface area contributed by atoms with Crippen LogP contribution in [-0.2, 0) is 0 Å². The molecule has 0 aliphatic carbocycles. The molecule has 0 aliphatic heterocycles. The van der Waals surface area contributed by atoms with Crippen LogP contribution in [0.2, 0.25) is 0 Å². The molecule has 0 fully saturated rings. The lowest BCUT2D eigenvalue weighted by molar-refractivity contribution is 1.01. The van der Waals surface area contributed by atoms with Crippen LogP contribution in [0.5, 0.6) is 0 Å². The Hall–Kier alpha value is 0.440. The van der Waals surface area contributed by atoms with Gasteiger partial charge in [-0.3, -0.25) is 0 Å². The van der Waals surface area contributed by atoms with Gasteiger partial charge in [0.25, 0.3) is 0 Å². The lowest BCUT2D eigenvalue weighted by Gasteiger charge is -1.97. The molecule has 0 heterocycles. The molecule has 0 aliphatic rings. The Labute approximate surface area is 67.4 Å². The van der Waals surface area contributed by atoms with Crippen LogP contribution in [0.1, 0.15) is 33.1 Å². The van der Waals surface area contributed by atoms with Gasteiger partial charge in [0.1, 0.15) is 0 Å². The zero-order valence-corrected chi connectivity index (χ0v) is 7.78. The molecule has 0 amide bonds. The molecule has 0 nitrogen and oxygen atoms in total. The third kappa shape index (κ3) is 6.32. The van der Waals surface area contributed by atoms with Gasteiger partial charge in [-0.25, -0.2) is 0 Å². The van der Waals surface area contributed by atoms with Gasteiger partial charge in [0.05, 0.1) is 0 Å². The van der Waals surface area contributed by atoms with Crippen LogP contribution in [0.4, 0.5) is 0 Å². The van der Waals surface area contributed by atoms with Crippen molar-refractivity contribution in [2.75, 3.05) is 5.75 Å². The minimum atomic E-state index is 1.11. The van der Waals surface area contributed by atoms with Crippen molar-refractivity contribution in [1.82, 2.24) is 0 Å². The summed E-state index contributed by atoms with van der Waals surface area (Å²) in [5, 5.41) is 0. The van der Waals surface area contributed by atoms with Gasteiger partial charge < -0.3 is 0 Å². The van der Waals surface area contributed by atoms with Crippen molar-refractivity contribution in [3.05, 3.63) is 0 Å². The highest BCUT2D eigenvalue weighted by Crippen LogP contribution is 2.10. The van der Waals surface area contributed by atoms with E-state index < -0.39 is 0 Å². The summed E-state index contributed by atoms with van der Waals surface area (Å²) < 4.78 is 1.18. The van der Waals surface area contributed by atoms with Crippen molar-refractivity contribution in [1.29, 1.82) is 0 Å². The maximum absolute atomic E-state index is 5.08. The third-order valence-electron chi connectivity index (χ3n) is 0.921. The van der Waals surface area contributed by atoms with Crippen LogP contribution < -0.4 is 0 Å². The molecule has 0 spiro atoms. The van der Waals surface area contributed by atoms with Gasteiger partial charge in [0.15, 0.2) is 0 Å². The molecule has 0 saturated carbocycles. The van der Waals surface area contributed by atoms with E-state index in [0.717, 1.165) is 6.42 Å². The molecule has 0 unspecified atom stereocenters. The number of thiocarbonyl (C=S) groups is 1. The molecule has 0 aromatic carbocycles. The first-order valence-corrected chi connectivity index (χ1v) is 4.86. The molecular formula is C7H14S2. The molecule has 54 valence electrons. The Kier molecular flexibility index (Phi) is 6.88. The van der Waals surface area contributed by atoms with Crippen molar-refractivity contribution in [2.24, 2.45) is 0 Å². The van der Waals surface area contributed by atoms with E-state index in [0.29, 0.717) is 0 Å². The van der Waals surface area contributed by atoms with Gasteiger partial charge in [-0.2, -0.15) is 0 Å². The summed E-state index contributed by atoms with van der Waals surface area (Å²) in [6.45, 7) is 4.35. The predicted octanol–water partition coefficient (Wildman–Crippen LogP) is 3.26. The second-order valence-electron chi connectivity index (χ2n) is 1.97. The van der Waals surface area contributed by atoms with Crippen molar-refractivity contribution in [2.45, 2.75) is 33.1 Å². The van der Waals surface area contributed by atoms with Crippen molar-refractivity contribution in [3.63, 3.8) is 0 Å². The normalized spacial score (nSPS) is 9.56. The topological polar surface area (TPSA) is 0 Å². The fourth-order valence-corrected chi connectivity index (χ4v) is 1.73. The van der Waals surface area contributed by atoms with Crippen LogP contribution in [0.15, 0.2) is 0 Å². The highest BCUT2D eigenvalue weighted by Gasteiger charge is 1.92. The van der Waals surface area contributed by atoms with Gasteiger partial charge in [-0.05, 0) is 18.6 Å². The first kappa shape index (κ1) is 9.44. The van der Waals surface area contributed by atoms with E-state index in [1.807, 2.05) is 11.8 Å². The van der Waals surface area contributed by atoms with Crippen LogP contribution in [-0.4, -0.2) is 9.95 Å². The molecule has 0 atom stereocenters. The molecule has 0 N–H and O–H groups in total. The number of rotatable bonds is 4. The fraction of sp³-hybridized carbons (Fsp3) is 0.857. The largest absolute Gasteiger partial charge is 0.119 e. The van der Waals surface area contributed by atoms with E-state index in [9.17, 15) is 0 Å². The molecule has 2 heteroatoms. The molecule has 0 bridgehead atoms. The van der Waals surface area contributed by atoms with Gasteiger partial charge in [-0.15, -0.1) is 11.8 Å². The minimum Gasteiger partial charge on any atom is -0.119 e. The maximum atomic E-state index is 5.08. The quantitative estimate of drug-likeness (QED) is 0.582. The van der Waals surface area contributed by atoms with E-state index in [4.69, 9.17) is 12.2 Å². The summed E-state index contributed by atoms with van der Waals surface area (Å²) in [7, 11) is 0. The van der Waals surface area contributed by atoms with E-state index in [1.54, 1.807) is 0 Å². The van der Waals surface area contributed by atoms with Crippen molar-refractivity contribution in [3.8, 4) is 0 Å². The SMILES string of the molecule is CCCSC(=S)CCC. The summed E-state index contributed by atoms with van der Waals surface area (Å²) in [6.07, 6.45) is 3.53. The minimum absolute atomic E-state index is 1.11. The van der Waals surface area contributed by atoms with Gasteiger partial charge in [-0.1, -0.05) is 32.5 Å². The maximum Gasteiger partial charge on any atom is 0.0478 e. The monoisotopic (exact) mass is 162 g/mol. The van der Waals surface area contributed by atoms with Crippen LogP contribution in [0.3, 0.4) is 0 Å². The lowest BCUT2D eigenvalue weighted by Crippen LogP contribution is -1.87. The summed E-state index contributed by atoms with van der Waals surface area (Å²) in [4.78, 5) is 0. The molecule has 0 saturated heterocycles. The van der Waals surface area contributed by atoms with Crippen LogP contribution >= 0.6 is 24.0 Å². The average molecular weight is 162 g/mol. The van der Waals surface area contributed by atoms with E-state index in [2.05, 4.69) is 13.8 Å². The highest BCUT2D eigenvalue weighted by molar-refractivity contribution is 8.23. The zero-order chi connectivity index (χ0) is 7.11. The summed E-state index contributed by atoms with van der Waals surface area (Å²) in [5.74, 6) is 1.19. The number of hydrogen-bond donors (Lipinski definition) is 0. The third-order valence-corrected chi connectivity index (χ3v) is 2.62. The molecule has 0 aromatic heterocycles. The summed E-state index contributed by atoms with van der Waals surface area (Å²) in [6, 6.07) is 0. The smallest absolute Gasteiger partial charge is 0.0478 e. The van der Waals surface area contributed by atoms with Crippen molar-refractivity contribution >= 4 is 28.2 Å². The lowest BCUT2D eigenvalue weighted by atomic mass is 10.4.